The van der Waals surface area contributed by atoms with Crippen molar-refractivity contribution in [2.45, 2.75) is 12.8 Å². The third-order valence-corrected chi connectivity index (χ3v) is 4.54. The van der Waals surface area contributed by atoms with E-state index >= 15 is 0 Å². The van der Waals surface area contributed by atoms with Crippen LogP contribution in [0, 0.1) is 17.6 Å². The van der Waals surface area contributed by atoms with E-state index in [4.69, 9.17) is 4.74 Å². The zero-order valence-electron chi connectivity index (χ0n) is 14.1. The van der Waals surface area contributed by atoms with Crippen LogP contribution in [0.3, 0.4) is 0 Å². The fraction of sp³-hybridized carbons (Fsp3) is 0.316. The first kappa shape index (κ1) is 18.6. The molecule has 2 heterocycles. The predicted molar refractivity (Wildman–Crippen MR) is 99.3 cm³/mol. The molecule has 0 amide bonds. The van der Waals surface area contributed by atoms with Crippen LogP contribution in [0.2, 0.25) is 0 Å². The normalized spacial score (nSPS) is 17.1. The highest BCUT2D eigenvalue weighted by molar-refractivity contribution is 5.86. The summed E-state index contributed by atoms with van der Waals surface area (Å²) < 4.78 is 35.1. The van der Waals surface area contributed by atoms with Crippen LogP contribution in [0.5, 0.6) is 5.88 Å². The second kappa shape index (κ2) is 8.01. The zero-order valence-corrected chi connectivity index (χ0v) is 14.9. The maximum absolute atomic E-state index is 14.2. The summed E-state index contributed by atoms with van der Waals surface area (Å²) >= 11 is 0. The minimum atomic E-state index is -0.530. The van der Waals surface area contributed by atoms with Crippen LogP contribution < -0.4 is 10.1 Å². The van der Waals surface area contributed by atoms with Gasteiger partial charge in [-0.1, -0.05) is 12.1 Å². The standard InChI is InChI=1S/C19H19F2N3O.ClH/c20-14-7-8-16(21)18(10-14)24-17-6-2-1-5-15(17)19(23-24)25-12-13-4-3-9-22-11-13;/h1-2,5-8,10,13,22H,3-4,9,11-12H2;1H. The molecule has 1 aromatic heterocycles. The molecule has 2 aromatic carbocycles. The smallest absolute Gasteiger partial charge is 0.241 e. The third-order valence-electron chi connectivity index (χ3n) is 4.54. The molecule has 0 bridgehead atoms. The van der Waals surface area contributed by atoms with Crippen LogP contribution in [-0.2, 0) is 0 Å². The molecule has 1 fully saturated rings. The fourth-order valence-electron chi connectivity index (χ4n) is 3.24. The van der Waals surface area contributed by atoms with Gasteiger partial charge in [-0.3, -0.25) is 0 Å². The van der Waals surface area contributed by atoms with Crippen LogP contribution in [0.15, 0.2) is 42.5 Å². The molecule has 1 unspecified atom stereocenters. The van der Waals surface area contributed by atoms with Gasteiger partial charge in [-0.15, -0.1) is 17.5 Å². The lowest BCUT2D eigenvalue weighted by Gasteiger charge is -2.22. The zero-order chi connectivity index (χ0) is 17.2. The van der Waals surface area contributed by atoms with E-state index in [-0.39, 0.29) is 18.1 Å². The van der Waals surface area contributed by atoms with Gasteiger partial charge < -0.3 is 10.1 Å². The Morgan fingerprint density at radius 3 is 2.85 bits per heavy atom. The number of rotatable bonds is 4. The van der Waals surface area contributed by atoms with Gasteiger partial charge in [0.15, 0.2) is 0 Å². The van der Waals surface area contributed by atoms with Crippen LogP contribution in [0.1, 0.15) is 12.8 Å². The number of hydrogen-bond donors (Lipinski definition) is 1. The second-order valence-electron chi connectivity index (χ2n) is 6.35. The summed E-state index contributed by atoms with van der Waals surface area (Å²) in [6.45, 7) is 2.53. The molecule has 1 aliphatic rings. The van der Waals surface area contributed by atoms with Crippen molar-refractivity contribution in [2.75, 3.05) is 19.7 Å². The molecule has 1 saturated heterocycles. The minimum absolute atomic E-state index is 0. The van der Waals surface area contributed by atoms with E-state index in [2.05, 4.69) is 10.4 Å². The van der Waals surface area contributed by atoms with Crippen molar-refractivity contribution in [3.63, 3.8) is 0 Å². The molecule has 4 nitrogen and oxygen atoms in total. The van der Waals surface area contributed by atoms with E-state index in [1.54, 1.807) is 0 Å². The lowest BCUT2D eigenvalue weighted by Crippen LogP contribution is -2.33. The summed E-state index contributed by atoms with van der Waals surface area (Å²) in [6, 6.07) is 10.8. The Labute approximate surface area is 156 Å². The van der Waals surface area contributed by atoms with E-state index in [1.807, 2.05) is 24.3 Å². The highest BCUT2D eigenvalue weighted by Gasteiger charge is 2.18. The van der Waals surface area contributed by atoms with Crippen LogP contribution in [-0.4, -0.2) is 29.5 Å². The largest absolute Gasteiger partial charge is 0.476 e. The lowest BCUT2D eigenvalue weighted by atomic mass is 10.0. The van der Waals surface area contributed by atoms with E-state index in [0.29, 0.717) is 23.9 Å². The summed E-state index contributed by atoms with van der Waals surface area (Å²) in [5.41, 5.74) is 0.758. The third kappa shape index (κ3) is 3.66. The van der Waals surface area contributed by atoms with Gasteiger partial charge in [0.2, 0.25) is 5.88 Å². The maximum atomic E-state index is 14.2. The summed E-state index contributed by atoms with van der Waals surface area (Å²) in [6.07, 6.45) is 2.25. The van der Waals surface area contributed by atoms with Gasteiger partial charge in [-0.2, -0.15) is 0 Å². The lowest BCUT2D eigenvalue weighted by molar-refractivity contribution is 0.213. The molecule has 4 rings (SSSR count). The first-order valence-electron chi connectivity index (χ1n) is 8.49. The number of nitrogens with zero attached hydrogens (tertiary/aromatic N) is 2. The summed E-state index contributed by atoms with van der Waals surface area (Å²) in [5, 5.41) is 8.56. The molecule has 0 saturated carbocycles. The summed E-state index contributed by atoms with van der Waals surface area (Å²) in [4.78, 5) is 0. The summed E-state index contributed by atoms with van der Waals surface area (Å²) in [7, 11) is 0. The maximum Gasteiger partial charge on any atom is 0.241 e. The molecule has 1 N–H and O–H groups in total. The Morgan fingerprint density at radius 1 is 1.19 bits per heavy atom. The number of aromatic nitrogens is 2. The molecule has 0 aliphatic carbocycles. The average molecular weight is 380 g/mol. The number of halogens is 3. The molecule has 1 atom stereocenters. The van der Waals surface area contributed by atoms with Gasteiger partial charge in [-0.05, 0) is 43.7 Å². The SMILES string of the molecule is Cl.Fc1ccc(F)c(-n2nc(OCC3CCCNC3)c3ccccc32)c1. The molecule has 0 radical (unpaired) electrons. The van der Waals surface area contributed by atoms with Crippen molar-refractivity contribution < 1.29 is 13.5 Å². The van der Waals surface area contributed by atoms with Gasteiger partial charge in [0.25, 0.3) is 0 Å². The predicted octanol–water partition coefficient (Wildman–Crippen LogP) is 4.10. The molecule has 138 valence electrons. The molecule has 1 aliphatic heterocycles. The molecule has 26 heavy (non-hydrogen) atoms. The quantitative estimate of drug-likeness (QED) is 0.741. The summed E-state index contributed by atoms with van der Waals surface area (Å²) in [5.74, 6) is -0.155. The van der Waals surface area contributed by atoms with Gasteiger partial charge in [-0.25, -0.2) is 13.5 Å². The van der Waals surface area contributed by atoms with Gasteiger partial charge >= 0.3 is 0 Å². The van der Waals surface area contributed by atoms with Crippen molar-refractivity contribution in [3.8, 4) is 11.6 Å². The van der Waals surface area contributed by atoms with E-state index < -0.39 is 11.6 Å². The van der Waals surface area contributed by atoms with E-state index in [9.17, 15) is 8.78 Å². The number of piperidine rings is 1. The van der Waals surface area contributed by atoms with Crippen LogP contribution >= 0.6 is 12.4 Å². The van der Waals surface area contributed by atoms with E-state index in [1.165, 1.54) is 4.68 Å². The van der Waals surface area contributed by atoms with Crippen molar-refractivity contribution in [3.05, 3.63) is 54.1 Å². The van der Waals surface area contributed by atoms with Crippen LogP contribution in [0.25, 0.3) is 16.6 Å². The molecule has 7 heteroatoms. The molecule has 0 spiro atoms. The van der Waals surface area contributed by atoms with Crippen molar-refractivity contribution in [2.24, 2.45) is 5.92 Å². The monoisotopic (exact) mass is 379 g/mol. The average Bonchev–Trinajstić information content (AvgIpc) is 3.02. The van der Waals surface area contributed by atoms with Gasteiger partial charge in [0.05, 0.1) is 17.5 Å². The Balaban J connectivity index is 0.00000196. The molecular formula is C19H20ClF2N3O. The van der Waals surface area contributed by atoms with Crippen LogP contribution in [0.4, 0.5) is 8.78 Å². The Morgan fingerprint density at radius 2 is 2.04 bits per heavy atom. The van der Waals surface area contributed by atoms with E-state index in [0.717, 1.165) is 49.5 Å². The number of ether oxygens (including phenoxy) is 1. The topological polar surface area (TPSA) is 39.1 Å². The molecular weight excluding hydrogens is 360 g/mol. The number of benzene rings is 2. The minimum Gasteiger partial charge on any atom is -0.476 e. The fourth-order valence-corrected chi connectivity index (χ4v) is 3.24. The first-order valence-corrected chi connectivity index (χ1v) is 8.49. The highest BCUT2D eigenvalue weighted by Crippen LogP contribution is 2.29. The number of nitrogens with one attached hydrogen (secondary N) is 1. The second-order valence-corrected chi connectivity index (χ2v) is 6.35. The Bertz CT molecular complexity index is 894. The number of fused-ring (bicyclic) bond motifs is 1. The highest BCUT2D eigenvalue weighted by atomic mass is 35.5. The number of hydrogen-bond acceptors (Lipinski definition) is 3. The van der Waals surface area contributed by atoms with Gasteiger partial charge in [0, 0.05) is 18.5 Å². The van der Waals surface area contributed by atoms with Crippen molar-refractivity contribution in [1.29, 1.82) is 0 Å². The number of para-hydroxylation sites is 1. The van der Waals surface area contributed by atoms with Crippen molar-refractivity contribution in [1.82, 2.24) is 15.1 Å². The van der Waals surface area contributed by atoms with Gasteiger partial charge in [0.1, 0.15) is 17.3 Å². The Hall–Kier alpha value is -2.18. The van der Waals surface area contributed by atoms with Crippen molar-refractivity contribution >= 4 is 23.3 Å². The molecule has 3 aromatic rings. The Kier molecular flexibility index (Phi) is 5.74. The first-order chi connectivity index (χ1) is 12.2.